The standard InChI is InChI=1S/C40H26F3N3/c1-24-15-18-36-30(21-24)27-10-4-7-13-34(27)45(36)38-20-17-29(26-9-3-6-12-33(26)40(41,42)43)39(32(38)23-44)46-35-14-8-5-11-28(35)31-22-25(2)16-19-37(31)46/h3-22H,1-2H3. The molecule has 2 aromatic heterocycles. The summed E-state index contributed by atoms with van der Waals surface area (Å²) in [6, 6.07) is 39.7. The molecule has 0 bridgehead atoms. The number of nitriles is 1. The molecule has 2 heterocycles. The van der Waals surface area contributed by atoms with Crippen molar-refractivity contribution in [3.05, 3.63) is 144 Å². The van der Waals surface area contributed by atoms with Gasteiger partial charge in [-0.3, -0.25) is 0 Å². The van der Waals surface area contributed by atoms with Gasteiger partial charge in [0.2, 0.25) is 0 Å². The molecule has 0 amide bonds. The van der Waals surface area contributed by atoms with E-state index in [2.05, 4.69) is 28.8 Å². The van der Waals surface area contributed by atoms with Crippen molar-refractivity contribution >= 4 is 43.6 Å². The molecule has 0 spiro atoms. The van der Waals surface area contributed by atoms with Gasteiger partial charge in [0.05, 0.1) is 39.0 Å². The van der Waals surface area contributed by atoms with E-state index in [0.29, 0.717) is 16.9 Å². The van der Waals surface area contributed by atoms with Crippen LogP contribution in [0.3, 0.4) is 0 Å². The maximum Gasteiger partial charge on any atom is 0.417 e. The first-order valence-corrected chi connectivity index (χ1v) is 15.0. The molecular formula is C40H26F3N3. The highest BCUT2D eigenvalue weighted by Crippen LogP contribution is 2.45. The Morgan fingerprint density at radius 1 is 0.543 bits per heavy atom. The molecule has 0 aliphatic rings. The minimum Gasteiger partial charge on any atom is -0.308 e. The van der Waals surface area contributed by atoms with Crippen LogP contribution in [0.4, 0.5) is 13.2 Å². The van der Waals surface area contributed by atoms with Gasteiger partial charge in [-0.05, 0) is 67.9 Å². The van der Waals surface area contributed by atoms with E-state index in [9.17, 15) is 18.4 Å². The highest BCUT2D eigenvalue weighted by Gasteiger charge is 2.35. The fourth-order valence-electron chi connectivity index (χ4n) is 6.97. The summed E-state index contributed by atoms with van der Waals surface area (Å²) in [5.74, 6) is 0. The number of para-hydroxylation sites is 2. The van der Waals surface area contributed by atoms with Crippen molar-refractivity contribution in [2.75, 3.05) is 0 Å². The summed E-state index contributed by atoms with van der Waals surface area (Å²) in [6.45, 7) is 4.06. The lowest BCUT2D eigenvalue weighted by atomic mass is 9.94. The molecule has 0 aliphatic heterocycles. The Morgan fingerprint density at radius 3 is 1.67 bits per heavy atom. The maximum atomic E-state index is 14.5. The summed E-state index contributed by atoms with van der Waals surface area (Å²) in [5.41, 5.74) is 6.48. The first-order chi connectivity index (χ1) is 22.3. The van der Waals surface area contributed by atoms with Gasteiger partial charge in [0.25, 0.3) is 0 Å². The highest BCUT2D eigenvalue weighted by molar-refractivity contribution is 6.12. The summed E-state index contributed by atoms with van der Waals surface area (Å²) >= 11 is 0. The Kier molecular flexibility index (Phi) is 6.10. The number of halogens is 3. The second kappa shape index (κ2) is 10.1. The van der Waals surface area contributed by atoms with E-state index in [-0.39, 0.29) is 11.1 Å². The Morgan fingerprint density at radius 2 is 1.07 bits per heavy atom. The molecule has 0 aliphatic carbocycles. The van der Waals surface area contributed by atoms with Gasteiger partial charge in [-0.2, -0.15) is 18.4 Å². The number of benzene rings is 6. The smallest absolute Gasteiger partial charge is 0.308 e. The Balaban J connectivity index is 1.59. The van der Waals surface area contributed by atoms with Crippen molar-refractivity contribution in [2.24, 2.45) is 0 Å². The first-order valence-electron chi connectivity index (χ1n) is 15.0. The third kappa shape index (κ3) is 4.05. The normalized spacial score (nSPS) is 12.0. The van der Waals surface area contributed by atoms with Crippen LogP contribution in [0.5, 0.6) is 0 Å². The molecule has 8 rings (SSSR count). The van der Waals surface area contributed by atoms with Gasteiger partial charge in [-0.1, -0.05) is 83.9 Å². The van der Waals surface area contributed by atoms with Crippen LogP contribution in [-0.4, -0.2) is 9.13 Å². The zero-order valence-electron chi connectivity index (χ0n) is 25.0. The van der Waals surface area contributed by atoms with E-state index in [1.54, 1.807) is 18.2 Å². The average molecular weight is 606 g/mol. The lowest BCUT2D eigenvalue weighted by molar-refractivity contribution is -0.137. The summed E-state index contributed by atoms with van der Waals surface area (Å²) in [7, 11) is 0. The largest absolute Gasteiger partial charge is 0.417 e. The van der Waals surface area contributed by atoms with Crippen LogP contribution in [0, 0.1) is 25.2 Å². The van der Waals surface area contributed by atoms with Crippen molar-refractivity contribution in [3.63, 3.8) is 0 Å². The number of hydrogen-bond acceptors (Lipinski definition) is 1. The van der Waals surface area contributed by atoms with E-state index < -0.39 is 11.7 Å². The minimum atomic E-state index is -4.60. The van der Waals surface area contributed by atoms with E-state index >= 15 is 0 Å². The summed E-state index contributed by atoms with van der Waals surface area (Å²) in [6.07, 6.45) is -4.60. The zero-order valence-corrected chi connectivity index (χ0v) is 25.0. The molecule has 0 radical (unpaired) electrons. The fraction of sp³-hybridized carbons (Fsp3) is 0.0750. The molecule has 0 fully saturated rings. The predicted molar refractivity (Wildman–Crippen MR) is 180 cm³/mol. The predicted octanol–water partition coefficient (Wildman–Crippen LogP) is 11.1. The molecule has 0 atom stereocenters. The van der Waals surface area contributed by atoms with E-state index in [4.69, 9.17) is 0 Å². The van der Waals surface area contributed by atoms with Crippen molar-refractivity contribution in [2.45, 2.75) is 20.0 Å². The number of nitrogens with zero attached hydrogens (tertiary/aromatic N) is 3. The van der Waals surface area contributed by atoms with Gasteiger partial charge in [0.15, 0.2) is 0 Å². The van der Waals surface area contributed by atoms with Crippen molar-refractivity contribution < 1.29 is 13.2 Å². The first kappa shape index (κ1) is 27.7. The topological polar surface area (TPSA) is 33.6 Å². The van der Waals surface area contributed by atoms with Gasteiger partial charge < -0.3 is 9.13 Å². The third-order valence-electron chi connectivity index (χ3n) is 8.91. The molecule has 222 valence electrons. The lowest BCUT2D eigenvalue weighted by Crippen LogP contribution is -2.10. The van der Waals surface area contributed by atoms with E-state index in [1.165, 1.54) is 12.1 Å². The Labute approximate surface area is 263 Å². The van der Waals surface area contributed by atoms with Crippen molar-refractivity contribution in [1.82, 2.24) is 9.13 Å². The van der Waals surface area contributed by atoms with Crippen LogP contribution in [0.2, 0.25) is 0 Å². The van der Waals surface area contributed by atoms with Crippen molar-refractivity contribution in [1.29, 1.82) is 5.26 Å². The second-order valence-electron chi connectivity index (χ2n) is 11.8. The van der Waals surface area contributed by atoms with Gasteiger partial charge >= 0.3 is 6.18 Å². The maximum absolute atomic E-state index is 14.5. The molecule has 3 nitrogen and oxygen atoms in total. The monoisotopic (exact) mass is 605 g/mol. The molecule has 0 saturated carbocycles. The van der Waals surface area contributed by atoms with Gasteiger partial charge in [0.1, 0.15) is 11.6 Å². The molecule has 0 unspecified atom stereocenters. The van der Waals surface area contributed by atoms with Crippen LogP contribution < -0.4 is 0 Å². The Bertz CT molecular complexity index is 2560. The van der Waals surface area contributed by atoms with Gasteiger partial charge in [-0.15, -0.1) is 0 Å². The third-order valence-corrected chi connectivity index (χ3v) is 8.91. The van der Waals surface area contributed by atoms with Gasteiger partial charge in [0, 0.05) is 27.1 Å². The number of alkyl halides is 3. The fourth-order valence-corrected chi connectivity index (χ4v) is 6.97. The van der Waals surface area contributed by atoms with Crippen molar-refractivity contribution in [3.8, 4) is 28.6 Å². The second-order valence-corrected chi connectivity index (χ2v) is 11.8. The van der Waals surface area contributed by atoms with E-state index in [0.717, 1.165) is 60.8 Å². The molecular weight excluding hydrogens is 579 g/mol. The number of hydrogen-bond donors (Lipinski definition) is 0. The van der Waals surface area contributed by atoms with Crippen LogP contribution in [0.25, 0.3) is 66.1 Å². The van der Waals surface area contributed by atoms with Crippen LogP contribution in [0.1, 0.15) is 22.3 Å². The SMILES string of the molecule is Cc1ccc2c(c1)c1ccccc1n2-c1ccc(-c2ccccc2C(F)(F)F)c(-n2c3ccccc3c3cc(C)ccc32)c1C#N. The molecule has 0 saturated heterocycles. The van der Waals surface area contributed by atoms with Crippen LogP contribution in [-0.2, 0) is 6.18 Å². The zero-order chi connectivity index (χ0) is 31.7. The summed E-state index contributed by atoms with van der Waals surface area (Å²) < 4.78 is 47.7. The number of aromatic nitrogens is 2. The number of aryl methyl sites for hydroxylation is 2. The van der Waals surface area contributed by atoms with Gasteiger partial charge in [-0.25, -0.2) is 0 Å². The lowest BCUT2D eigenvalue weighted by Gasteiger charge is -2.21. The van der Waals surface area contributed by atoms with Crippen LogP contribution in [0.15, 0.2) is 121 Å². The molecule has 6 aromatic carbocycles. The minimum absolute atomic E-state index is 0.0175. The van der Waals surface area contributed by atoms with Crippen LogP contribution >= 0.6 is 0 Å². The number of fused-ring (bicyclic) bond motifs is 6. The molecule has 6 heteroatoms. The molecule has 46 heavy (non-hydrogen) atoms. The highest BCUT2D eigenvalue weighted by atomic mass is 19.4. The average Bonchev–Trinajstić information content (AvgIpc) is 3.55. The Hall–Kier alpha value is -5.80. The number of rotatable bonds is 3. The molecule has 8 aromatic rings. The molecule has 0 N–H and O–H groups in total. The summed E-state index contributed by atoms with van der Waals surface area (Å²) in [4.78, 5) is 0. The quantitative estimate of drug-likeness (QED) is 0.197. The summed E-state index contributed by atoms with van der Waals surface area (Å²) in [5, 5.41) is 15.1. The van der Waals surface area contributed by atoms with E-state index in [1.807, 2.05) is 85.1 Å².